The van der Waals surface area contributed by atoms with Gasteiger partial charge in [0.05, 0.1) is 17.2 Å². The molecule has 0 aromatic heterocycles. The van der Waals surface area contributed by atoms with E-state index >= 15 is 0 Å². The van der Waals surface area contributed by atoms with Crippen LogP contribution in [-0.2, 0) is 9.53 Å². The fourth-order valence-corrected chi connectivity index (χ4v) is 1.69. The fraction of sp³-hybridized carbons (Fsp3) is 0.250. The summed E-state index contributed by atoms with van der Waals surface area (Å²) in [6.45, 7) is 3.68. The van der Waals surface area contributed by atoms with E-state index in [0.717, 1.165) is 0 Å². The monoisotopic (exact) mass is 258 g/mol. The van der Waals surface area contributed by atoms with E-state index < -0.39 is 5.97 Å². The topological polar surface area (TPSA) is 26.3 Å². The van der Waals surface area contributed by atoms with Gasteiger partial charge in [0.2, 0.25) is 0 Å². The summed E-state index contributed by atoms with van der Waals surface area (Å²) >= 11 is 12.1. The van der Waals surface area contributed by atoms with E-state index in [9.17, 15) is 4.79 Å². The van der Waals surface area contributed by atoms with E-state index in [1.807, 2.05) is 6.07 Å². The van der Waals surface area contributed by atoms with Crippen LogP contribution in [-0.4, -0.2) is 12.6 Å². The highest BCUT2D eigenvalue weighted by Crippen LogP contribution is 2.29. The van der Waals surface area contributed by atoms with Gasteiger partial charge < -0.3 is 4.74 Å². The van der Waals surface area contributed by atoms with Crippen molar-refractivity contribution >= 4 is 34.2 Å². The van der Waals surface area contributed by atoms with Crippen LogP contribution < -0.4 is 0 Å². The number of carbonyl (C=O) groups excluding carboxylic acids is 1. The molecule has 16 heavy (non-hydrogen) atoms. The molecule has 4 heteroatoms. The second-order valence-corrected chi connectivity index (χ2v) is 3.92. The van der Waals surface area contributed by atoms with Gasteiger partial charge in [-0.25, -0.2) is 4.79 Å². The molecule has 1 rings (SSSR count). The number of hydrogen-bond acceptors (Lipinski definition) is 2. The van der Waals surface area contributed by atoms with Crippen LogP contribution in [0.15, 0.2) is 29.8 Å². The van der Waals surface area contributed by atoms with Crippen LogP contribution in [0, 0.1) is 0 Å². The Balaban J connectivity index is 3.09. The minimum absolute atomic E-state index is 0.322. The molecule has 0 atom stereocenters. The third kappa shape index (κ3) is 3.00. The van der Waals surface area contributed by atoms with Crippen LogP contribution in [0.4, 0.5) is 0 Å². The molecule has 0 radical (unpaired) electrons. The summed E-state index contributed by atoms with van der Waals surface area (Å²) < 4.78 is 4.86. The summed E-state index contributed by atoms with van der Waals surface area (Å²) in [5, 5.41) is 0.834. The van der Waals surface area contributed by atoms with Crippen molar-refractivity contribution < 1.29 is 9.53 Å². The molecule has 86 valence electrons. The van der Waals surface area contributed by atoms with Crippen LogP contribution in [0.1, 0.15) is 19.4 Å². The maximum absolute atomic E-state index is 11.5. The average Bonchev–Trinajstić information content (AvgIpc) is 2.28. The number of benzene rings is 1. The Morgan fingerprint density at radius 1 is 1.38 bits per heavy atom. The van der Waals surface area contributed by atoms with Gasteiger partial charge in [0.1, 0.15) is 0 Å². The van der Waals surface area contributed by atoms with Crippen molar-refractivity contribution in [3.8, 4) is 0 Å². The molecule has 0 bridgehead atoms. The lowest BCUT2D eigenvalue weighted by Gasteiger charge is -2.07. The molecule has 0 unspecified atom stereocenters. The Morgan fingerprint density at radius 3 is 2.56 bits per heavy atom. The van der Waals surface area contributed by atoms with Gasteiger partial charge in [0, 0.05) is 10.6 Å². The Morgan fingerprint density at radius 2 is 2.00 bits per heavy atom. The molecule has 0 saturated heterocycles. The Bertz CT molecular complexity index is 425. The van der Waals surface area contributed by atoms with Gasteiger partial charge in [-0.15, -0.1) is 0 Å². The van der Waals surface area contributed by atoms with Crippen molar-refractivity contribution in [3.63, 3.8) is 0 Å². The van der Waals surface area contributed by atoms with Crippen LogP contribution in [0.3, 0.4) is 0 Å². The van der Waals surface area contributed by atoms with Gasteiger partial charge in [0.15, 0.2) is 0 Å². The smallest absolute Gasteiger partial charge is 0.335 e. The number of ether oxygens (including phenoxy) is 1. The first-order chi connectivity index (χ1) is 7.57. The highest BCUT2D eigenvalue weighted by molar-refractivity contribution is 6.52. The Labute approximate surface area is 105 Å². The van der Waals surface area contributed by atoms with Gasteiger partial charge in [-0.05, 0) is 19.9 Å². The molecular formula is C12H12Cl2O2. The highest BCUT2D eigenvalue weighted by atomic mass is 35.5. The molecule has 0 fully saturated rings. The number of rotatable bonds is 3. The Kier molecular flexibility index (Phi) is 4.84. The normalized spacial score (nSPS) is 12.0. The van der Waals surface area contributed by atoms with E-state index in [0.29, 0.717) is 27.8 Å². The van der Waals surface area contributed by atoms with Crippen LogP contribution in [0.2, 0.25) is 5.02 Å². The number of carbonyl (C=O) groups is 1. The lowest BCUT2D eigenvalue weighted by molar-refractivity contribution is -0.138. The zero-order valence-corrected chi connectivity index (χ0v) is 10.6. The van der Waals surface area contributed by atoms with Crippen molar-refractivity contribution in [2.24, 2.45) is 0 Å². The Hall–Kier alpha value is -0.990. The largest absolute Gasteiger partial charge is 0.463 e. The lowest BCUT2D eigenvalue weighted by Crippen LogP contribution is -2.06. The summed E-state index contributed by atoms with van der Waals surface area (Å²) in [6, 6.07) is 7.09. The van der Waals surface area contributed by atoms with Crippen molar-refractivity contribution in [2.75, 3.05) is 6.61 Å². The van der Waals surface area contributed by atoms with E-state index in [2.05, 4.69) is 0 Å². The van der Waals surface area contributed by atoms with Gasteiger partial charge in [-0.3, -0.25) is 0 Å². The quantitative estimate of drug-likeness (QED) is 0.608. The standard InChI is InChI=1S/C12H12Cl2O2/c1-3-16-12(15)8(2)11(14)9-6-4-5-7-10(9)13/h4-7H,3H2,1-2H3/b11-8+. The van der Waals surface area contributed by atoms with Crippen LogP contribution in [0.25, 0.3) is 5.03 Å². The minimum Gasteiger partial charge on any atom is -0.463 e. The van der Waals surface area contributed by atoms with Gasteiger partial charge in [0.25, 0.3) is 0 Å². The third-order valence-electron chi connectivity index (χ3n) is 2.02. The third-order valence-corrected chi connectivity index (χ3v) is 2.84. The maximum atomic E-state index is 11.5. The van der Waals surface area contributed by atoms with Gasteiger partial charge in [-0.1, -0.05) is 41.4 Å². The molecule has 2 nitrogen and oxygen atoms in total. The van der Waals surface area contributed by atoms with Crippen molar-refractivity contribution in [1.82, 2.24) is 0 Å². The van der Waals surface area contributed by atoms with E-state index in [-0.39, 0.29) is 0 Å². The molecule has 0 spiro atoms. The lowest BCUT2D eigenvalue weighted by atomic mass is 10.1. The van der Waals surface area contributed by atoms with Gasteiger partial charge >= 0.3 is 5.97 Å². The number of halogens is 2. The summed E-state index contributed by atoms with van der Waals surface area (Å²) in [5.74, 6) is -0.424. The zero-order valence-electron chi connectivity index (χ0n) is 9.09. The summed E-state index contributed by atoms with van der Waals surface area (Å²) in [4.78, 5) is 11.5. The van der Waals surface area contributed by atoms with E-state index in [1.165, 1.54) is 0 Å². The SMILES string of the molecule is CCOC(=O)/C(C)=C(/Cl)c1ccccc1Cl. The first kappa shape index (κ1) is 13.1. The molecule has 1 aromatic carbocycles. The summed E-state index contributed by atoms with van der Waals surface area (Å²) in [6.07, 6.45) is 0. The van der Waals surface area contributed by atoms with E-state index in [1.54, 1.807) is 32.0 Å². The minimum atomic E-state index is -0.424. The van der Waals surface area contributed by atoms with Crippen molar-refractivity contribution in [2.45, 2.75) is 13.8 Å². The average molecular weight is 259 g/mol. The van der Waals surface area contributed by atoms with E-state index in [4.69, 9.17) is 27.9 Å². The van der Waals surface area contributed by atoms with Crippen molar-refractivity contribution in [1.29, 1.82) is 0 Å². The zero-order chi connectivity index (χ0) is 12.1. The fourth-order valence-electron chi connectivity index (χ4n) is 1.17. The molecule has 0 amide bonds. The van der Waals surface area contributed by atoms with Gasteiger partial charge in [-0.2, -0.15) is 0 Å². The van der Waals surface area contributed by atoms with Crippen LogP contribution >= 0.6 is 23.2 Å². The summed E-state index contributed by atoms with van der Waals surface area (Å²) in [5.41, 5.74) is 0.994. The first-order valence-electron chi connectivity index (χ1n) is 4.86. The molecule has 1 aromatic rings. The molecule has 0 aliphatic carbocycles. The second kappa shape index (κ2) is 5.92. The molecule has 0 aliphatic heterocycles. The predicted octanol–water partition coefficient (Wildman–Crippen LogP) is 3.87. The maximum Gasteiger partial charge on any atom is 0.335 e. The predicted molar refractivity (Wildman–Crippen MR) is 66.5 cm³/mol. The second-order valence-electron chi connectivity index (χ2n) is 3.14. The number of hydrogen-bond donors (Lipinski definition) is 0. The summed E-state index contributed by atoms with van der Waals surface area (Å²) in [7, 11) is 0. The first-order valence-corrected chi connectivity index (χ1v) is 5.62. The van der Waals surface area contributed by atoms with Crippen molar-refractivity contribution in [3.05, 3.63) is 40.4 Å². The molecule has 0 saturated carbocycles. The molecular weight excluding hydrogens is 247 g/mol. The number of esters is 1. The van der Waals surface area contributed by atoms with Crippen LogP contribution in [0.5, 0.6) is 0 Å². The molecule has 0 aliphatic rings. The highest BCUT2D eigenvalue weighted by Gasteiger charge is 2.13. The molecule has 0 N–H and O–H groups in total. The molecule has 0 heterocycles.